The van der Waals surface area contributed by atoms with Crippen LogP contribution in [-0.2, 0) is 20.7 Å². The van der Waals surface area contributed by atoms with E-state index in [1.54, 1.807) is 32.9 Å². The van der Waals surface area contributed by atoms with Gasteiger partial charge in [-0.3, -0.25) is 0 Å². The van der Waals surface area contributed by atoms with Gasteiger partial charge in [-0.15, -0.1) is 0 Å². The molecule has 214 valence electrons. The Kier molecular flexibility index (Phi) is 8.11. The number of alkyl carbamates (subject to hydrolysis) is 1. The second-order valence-electron chi connectivity index (χ2n) is 11.3. The van der Waals surface area contributed by atoms with Gasteiger partial charge in [0, 0.05) is 12.3 Å². The average molecular weight is 564 g/mol. The van der Waals surface area contributed by atoms with Gasteiger partial charge in [0.25, 0.3) is 0 Å². The summed E-state index contributed by atoms with van der Waals surface area (Å²) in [6, 6.07) is 29.4. The Morgan fingerprint density at radius 3 is 2.00 bits per heavy atom. The lowest BCUT2D eigenvalue weighted by atomic mass is 9.95. The van der Waals surface area contributed by atoms with Crippen LogP contribution in [0.4, 0.5) is 4.79 Å². The van der Waals surface area contributed by atoms with Crippen molar-refractivity contribution in [2.45, 2.75) is 44.8 Å². The zero-order chi connectivity index (χ0) is 29.9. The third-order valence-corrected chi connectivity index (χ3v) is 7.19. The van der Waals surface area contributed by atoms with E-state index in [4.69, 9.17) is 9.47 Å². The summed E-state index contributed by atoms with van der Waals surface area (Å²) in [4.78, 5) is 38.3. The van der Waals surface area contributed by atoms with Crippen LogP contribution in [0.25, 0.3) is 22.3 Å². The topological polar surface area (TPSA) is 102 Å². The van der Waals surface area contributed by atoms with Gasteiger partial charge in [0.1, 0.15) is 18.2 Å². The maximum Gasteiger partial charge on any atom is 0.407 e. The number of aliphatic carboxylic acids is 1. The molecule has 7 heteroatoms. The first-order valence-corrected chi connectivity index (χ1v) is 13.9. The second-order valence-corrected chi connectivity index (χ2v) is 11.3. The number of carboxylic acids is 1. The molecule has 0 aromatic heterocycles. The lowest BCUT2D eigenvalue weighted by Gasteiger charge is -2.22. The first-order valence-electron chi connectivity index (χ1n) is 13.9. The molecule has 0 fully saturated rings. The molecule has 2 N–H and O–H groups in total. The molecule has 42 heavy (non-hydrogen) atoms. The Hall–Kier alpha value is -4.91. The summed E-state index contributed by atoms with van der Waals surface area (Å²) < 4.78 is 11.2. The zero-order valence-electron chi connectivity index (χ0n) is 23.8. The Balaban J connectivity index is 1.33. The van der Waals surface area contributed by atoms with E-state index < -0.39 is 29.7 Å². The average Bonchev–Trinajstić information content (AvgIpc) is 3.29. The van der Waals surface area contributed by atoms with Crippen molar-refractivity contribution in [1.82, 2.24) is 5.32 Å². The highest BCUT2D eigenvalue weighted by atomic mass is 16.6. The molecular formula is C35H33NO6. The van der Waals surface area contributed by atoms with E-state index in [1.807, 2.05) is 84.9 Å². The summed E-state index contributed by atoms with van der Waals surface area (Å²) in [5, 5.41) is 12.5. The monoisotopic (exact) mass is 563 g/mol. The van der Waals surface area contributed by atoms with E-state index in [2.05, 4.69) is 5.32 Å². The fraction of sp³-hybridized carbons (Fsp3) is 0.229. The SMILES string of the molecule is CC(C)(C)OC(=O)c1cc(-c2ccccc2)ccc1CC(NC(=O)OCC1c2ccccc2-c2ccccc21)C(=O)O. The summed E-state index contributed by atoms with van der Waals surface area (Å²) in [6.45, 7) is 5.36. The Morgan fingerprint density at radius 2 is 1.40 bits per heavy atom. The van der Waals surface area contributed by atoms with Crippen LogP contribution in [0, 0.1) is 0 Å². The second kappa shape index (κ2) is 11.9. The van der Waals surface area contributed by atoms with Gasteiger partial charge in [-0.05, 0) is 65.8 Å². The molecule has 0 saturated heterocycles. The Labute approximate surface area is 245 Å². The summed E-state index contributed by atoms with van der Waals surface area (Å²) in [5.74, 6) is -1.97. The smallest absolute Gasteiger partial charge is 0.407 e. The van der Waals surface area contributed by atoms with Crippen LogP contribution in [-0.4, -0.2) is 41.4 Å². The van der Waals surface area contributed by atoms with Crippen LogP contribution in [0.2, 0.25) is 0 Å². The fourth-order valence-corrected chi connectivity index (χ4v) is 5.29. The number of esters is 1. The van der Waals surface area contributed by atoms with Crippen LogP contribution in [0.3, 0.4) is 0 Å². The lowest BCUT2D eigenvalue weighted by molar-refractivity contribution is -0.139. The molecule has 4 aromatic carbocycles. The van der Waals surface area contributed by atoms with Crippen LogP contribution in [0.1, 0.15) is 53.7 Å². The molecule has 0 heterocycles. The van der Waals surface area contributed by atoms with E-state index in [1.165, 1.54) is 0 Å². The van der Waals surface area contributed by atoms with Crippen LogP contribution < -0.4 is 5.32 Å². The molecule has 1 aliphatic carbocycles. The number of carbonyl (C=O) groups excluding carboxylic acids is 2. The van der Waals surface area contributed by atoms with Crippen molar-refractivity contribution < 1.29 is 29.0 Å². The van der Waals surface area contributed by atoms with Gasteiger partial charge >= 0.3 is 18.0 Å². The molecule has 7 nitrogen and oxygen atoms in total. The minimum absolute atomic E-state index is 0.0567. The zero-order valence-corrected chi connectivity index (χ0v) is 23.8. The normalized spacial score (nSPS) is 13.0. The third-order valence-electron chi connectivity index (χ3n) is 7.19. The van der Waals surface area contributed by atoms with Gasteiger partial charge in [0.05, 0.1) is 5.56 Å². The molecule has 4 aromatic rings. The Bertz CT molecular complexity index is 1580. The first-order chi connectivity index (χ1) is 20.1. The number of carbonyl (C=O) groups is 3. The maximum atomic E-state index is 13.2. The van der Waals surface area contributed by atoms with Gasteiger partial charge in [0.15, 0.2) is 0 Å². The fourth-order valence-electron chi connectivity index (χ4n) is 5.29. The van der Waals surface area contributed by atoms with E-state index in [0.717, 1.165) is 33.4 Å². The number of fused-ring (bicyclic) bond motifs is 3. The molecule has 1 aliphatic rings. The van der Waals surface area contributed by atoms with Crippen LogP contribution in [0.15, 0.2) is 97.1 Å². The molecule has 5 rings (SSSR count). The number of amides is 1. The number of hydrogen-bond donors (Lipinski definition) is 2. The molecule has 0 radical (unpaired) electrons. The molecule has 1 amide bonds. The van der Waals surface area contributed by atoms with Crippen LogP contribution in [0.5, 0.6) is 0 Å². The molecule has 0 aliphatic heterocycles. The highest BCUT2D eigenvalue weighted by Gasteiger charge is 2.30. The van der Waals surface area contributed by atoms with Crippen molar-refractivity contribution in [3.05, 3.63) is 119 Å². The summed E-state index contributed by atoms with van der Waals surface area (Å²) in [6.07, 6.45) is -0.979. The van der Waals surface area contributed by atoms with Gasteiger partial charge < -0.3 is 19.9 Å². The van der Waals surface area contributed by atoms with Crippen molar-refractivity contribution in [1.29, 1.82) is 0 Å². The van der Waals surface area contributed by atoms with Gasteiger partial charge in [-0.1, -0.05) is 91.0 Å². The van der Waals surface area contributed by atoms with Gasteiger partial charge in [-0.25, -0.2) is 14.4 Å². The summed E-state index contributed by atoms with van der Waals surface area (Å²) in [7, 11) is 0. The number of ether oxygens (including phenoxy) is 2. The molecule has 1 unspecified atom stereocenters. The van der Waals surface area contributed by atoms with Crippen molar-refractivity contribution >= 4 is 18.0 Å². The van der Waals surface area contributed by atoms with Gasteiger partial charge in [-0.2, -0.15) is 0 Å². The predicted molar refractivity (Wildman–Crippen MR) is 160 cm³/mol. The first kappa shape index (κ1) is 28.6. The van der Waals surface area contributed by atoms with Crippen LogP contribution >= 0.6 is 0 Å². The number of rotatable bonds is 8. The minimum atomic E-state index is -1.33. The highest BCUT2D eigenvalue weighted by molar-refractivity contribution is 5.93. The van der Waals surface area contributed by atoms with E-state index in [9.17, 15) is 19.5 Å². The molecule has 0 bridgehead atoms. The van der Waals surface area contributed by atoms with Gasteiger partial charge in [0.2, 0.25) is 0 Å². The third kappa shape index (κ3) is 6.36. The molecule has 1 atom stereocenters. The summed E-state index contributed by atoms with van der Waals surface area (Å²) >= 11 is 0. The number of nitrogens with one attached hydrogen (secondary N) is 1. The number of hydrogen-bond acceptors (Lipinski definition) is 5. The van der Waals surface area contributed by atoms with Crippen molar-refractivity contribution in [3.63, 3.8) is 0 Å². The number of benzene rings is 4. The van der Waals surface area contributed by atoms with Crippen molar-refractivity contribution in [3.8, 4) is 22.3 Å². The van der Waals surface area contributed by atoms with Crippen molar-refractivity contribution in [2.75, 3.05) is 6.61 Å². The molecule has 0 saturated carbocycles. The summed E-state index contributed by atoms with van der Waals surface area (Å²) in [5.41, 5.74) is 5.93. The Morgan fingerprint density at radius 1 is 0.810 bits per heavy atom. The van der Waals surface area contributed by atoms with E-state index in [0.29, 0.717) is 5.56 Å². The lowest BCUT2D eigenvalue weighted by Crippen LogP contribution is -2.43. The van der Waals surface area contributed by atoms with E-state index >= 15 is 0 Å². The van der Waals surface area contributed by atoms with Crippen molar-refractivity contribution in [2.24, 2.45) is 0 Å². The maximum absolute atomic E-state index is 13.2. The molecule has 0 spiro atoms. The predicted octanol–water partition coefficient (Wildman–Crippen LogP) is 6.84. The highest BCUT2D eigenvalue weighted by Crippen LogP contribution is 2.44. The van der Waals surface area contributed by atoms with E-state index in [-0.39, 0.29) is 24.5 Å². The standard InChI is InChI=1S/C35H33NO6/c1-35(2,3)42-33(39)29-19-23(22-11-5-4-6-12-22)17-18-24(29)20-31(32(37)38)36-34(40)41-21-30-27-15-9-7-13-25(27)26-14-8-10-16-28(26)30/h4-19,30-31H,20-21H2,1-3H3,(H,36,40)(H,37,38). The quantitative estimate of drug-likeness (QED) is 0.228. The minimum Gasteiger partial charge on any atom is -0.480 e. The largest absolute Gasteiger partial charge is 0.480 e. The molecular weight excluding hydrogens is 530 g/mol. The number of carboxylic acid groups (broad SMARTS) is 1.